The highest BCUT2D eigenvalue weighted by molar-refractivity contribution is 5.94. The van der Waals surface area contributed by atoms with Gasteiger partial charge in [-0.05, 0) is 12.8 Å². The highest BCUT2D eigenvalue weighted by Gasteiger charge is 2.07. The lowest BCUT2D eigenvalue weighted by molar-refractivity contribution is -0.135. The van der Waals surface area contributed by atoms with Gasteiger partial charge >= 0.3 is 17.9 Å². The van der Waals surface area contributed by atoms with Crippen LogP contribution in [0.3, 0.4) is 0 Å². The fourth-order valence-corrected chi connectivity index (χ4v) is 0.757. The Hall–Kier alpha value is -2.11. The first-order valence-electron chi connectivity index (χ1n) is 4.87. The summed E-state index contributed by atoms with van der Waals surface area (Å²) in [4.78, 5) is 29.8. The Kier molecular flexibility index (Phi) is 10.6. The highest BCUT2D eigenvalue weighted by Crippen LogP contribution is 2.06. The van der Waals surface area contributed by atoms with E-state index in [0.29, 0.717) is 12.8 Å². The van der Waals surface area contributed by atoms with Gasteiger partial charge in [0.1, 0.15) is 0 Å². The molecule has 0 fully saturated rings. The molecule has 17 heavy (non-hydrogen) atoms. The van der Waals surface area contributed by atoms with E-state index in [-0.39, 0.29) is 5.57 Å². The summed E-state index contributed by atoms with van der Waals surface area (Å²) >= 11 is 0. The van der Waals surface area contributed by atoms with Crippen molar-refractivity contribution in [3.63, 3.8) is 0 Å². The molecule has 0 radical (unpaired) electrons. The zero-order valence-electron chi connectivity index (χ0n) is 9.55. The summed E-state index contributed by atoms with van der Waals surface area (Å²) in [5.41, 5.74) is -0.0376. The van der Waals surface area contributed by atoms with Crippen LogP contribution in [0.4, 0.5) is 0 Å². The molecule has 0 aliphatic carbocycles. The number of rotatable bonds is 6. The van der Waals surface area contributed by atoms with Gasteiger partial charge in [0.15, 0.2) is 0 Å². The number of hydrogen-bond acceptors (Lipinski definition) is 3. The van der Waals surface area contributed by atoms with Crippen molar-refractivity contribution < 1.29 is 29.7 Å². The number of carbonyl (C=O) groups is 3. The Morgan fingerprint density at radius 1 is 1.12 bits per heavy atom. The lowest BCUT2D eigenvalue weighted by atomic mass is 10.1. The standard InChI is InChI=1S/C8H12O4.C3H4O2/c1-2-3-4-6(8(11)12)5-7(9)10;1-2-3(4)5/h5H,2-4H2,1H3,(H,9,10)(H,11,12);2H,1H2,(H,4,5)/b6-5+;. The summed E-state index contributed by atoms with van der Waals surface area (Å²) in [6.07, 6.45) is 3.45. The van der Waals surface area contributed by atoms with Crippen LogP contribution < -0.4 is 0 Å². The molecule has 0 aromatic carbocycles. The van der Waals surface area contributed by atoms with Crippen LogP contribution in [-0.4, -0.2) is 33.2 Å². The van der Waals surface area contributed by atoms with Crippen LogP contribution in [0.1, 0.15) is 26.2 Å². The summed E-state index contributed by atoms with van der Waals surface area (Å²) in [6.45, 7) is 4.88. The molecule has 0 saturated carbocycles. The number of carboxylic acid groups (broad SMARTS) is 3. The van der Waals surface area contributed by atoms with E-state index < -0.39 is 17.9 Å². The van der Waals surface area contributed by atoms with Crippen molar-refractivity contribution in [2.75, 3.05) is 0 Å². The summed E-state index contributed by atoms with van der Waals surface area (Å²) < 4.78 is 0. The van der Waals surface area contributed by atoms with Gasteiger partial charge in [-0.2, -0.15) is 0 Å². The van der Waals surface area contributed by atoms with Gasteiger partial charge in [-0.25, -0.2) is 14.4 Å². The van der Waals surface area contributed by atoms with Crippen molar-refractivity contribution in [1.82, 2.24) is 0 Å². The summed E-state index contributed by atoms with van der Waals surface area (Å²) in [5.74, 6) is -3.33. The molecule has 0 aromatic rings. The van der Waals surface area contributed by atoms with E-state index in [2.05, 4.69) is 6.58 Å². The van der Waals surface area contributed by atoms with Crippen molar-refractivity contribution in [2.24, 2.45) is 0 Å². The Balaban J connectivity index is 0. The lowest BCUT2D eigenvalue weighted by Gasteiger charge is -1.97. The Labute approximate surface area is 98.9 Å². The quantitative estimate of drug-likeness (QED) is 0.611. The van der Waals surface area contributed by atoms with Gasteiger partial charge in [-0.15, -0.1) is 0 Å². The molecule has 0 bridgehead atoms. The minimum absolute atomic E-state index is 0.0376. The molecule has 0 unspecified atom stereocenters. The van der Waals surface area contributed by atoms with Crippen molar-refractivity contribution in [2.45, 2.75) is 26.2 Å². The van der Waals surface area contributed by atoms with Crippen LogP contribution in [-0.2, 0) is 14.4 Å². The maximum atomic E-state index is 10.4. The van der Waals surface area contributed by atoms with Gasteiger partial charge in [0.25, 0.3) is 0 Å². The Morgan fingerprint density at radius 3 is 1.82 bits per heavy atom. The summed E-state index contributed by atoms with van der Waals surface area (Å²) in [5, 5.41) is 24.4. The van der Waals surface area contributed by atoms with Crippen molar-refractivity contribution in [3.05, 3.63) is 24.3 Å². The third-order valence-electron chi connectivity index (χ3n) is 1.55. The number of aliphatic carboxylic acids is 3. The SMILES string of the molecule is C=CC(=O)O.CCCC/C(=C\C(=O)O)C(=O)O. The van der Waals surface area contributed by atoms with Crippen LogP contribution >= 0.6 is 0 Å². The topological polar surface area (TPSA) is 112 Å². The van der Waals surface area contributed by atoms with Gasteiger partial charge in [-0.1, -0.05) is 19.9 Å². The van der Waals surface area contributed by atoms with Gasteiger partial charge < -0.3 is 15.3 Å². The normalized spacial score (nSPS) is 9.82. The Bertz CT molecular complexity index is 316. The first-order chi connectivity index (χ1) is 7.84. The second kappa shape index (κ2) is 10.4. The van der Waals surface area contributed by atoms with Crippen LogP contribution in [0.5, 0.6) is 0 Å². The van der Waals surface area contributed by atoms with Crippen molar-refractivity contribution >= 4 is 17.9 Å². The number of carboxylic acids is 3. The van der Waals surface area contributed by atoms with Crippen molar-refractivity contribution in [1.29, 1.82) is 0 Å². The maximum absolute atomic E-state index is 10.4. The zero-order valence-corrected chi connectivity index (χ0v) is 9.55. The molecular weight excluding hydrogens is 228 g/mol. The van der Waals surface area contributed by atoms with Crippen LogP contribution in [0, 0.1) is 0 Å². The summed E-state index contributed by atoms with van der Waals surface area (Å²) in [6, 6.07) is 0. The molecule has 0 amide bonds. The third kappa shape index (κ3) is 13.9. The molecule has 0 saturated heterocycles. The fraction of sp³-hybridized carbons (Fsp3) is 0.364. The molecule has 0 atom stereocenters. The molecule has 0 aromatic heterocycles. The predicted octanol–water partition coefficient (Wildman–Crippen LogP) is 1.53. The monoisotopic (exact) mass is 244 g/mol. The van der Waals surface area contributed by atoms with E-state index in [4.69, 9.17) is 15.3 Å². The molecule has 0 rings (SSSR count). The van der Waals surface area contributed by atoms with Crippen LogP contribution in [0.25, 0.3) is 0 Å². The third-order valence-corrected chi connectivity index (χ3v) is 1.55. The fourth-order valence-electron chi connectivity index (χ4n) is 0.757. The van der Waals surface area contributed by atoms with Crippen LogP contribution in [0.15, 0.2) is 24.3 Å². The van der Waals surface area contributed by atoms with E-state index in [9.17, 15) is 14.4 Å². The lowest BCUT2D eigenvalue weighted by Crippen LogP contribution is -2.03. The maximum Gasteiger partial charge on any atom is 0.331 e. The van der Waals surface area contributed by atoms with E-state index in [0.717, 1.165) is 18.6 Å². The van der Waals surface area contributed by atoms with Gasteiger partial charge in [-0.3, -0.25) is 0 Å². The average Bonchev–Trinajstić information content (AvgIpc) is 2.24. The summed E-state index contributed by atoms with van der Waals surface area (Å²) in [7, 11) is 0. The second-order valence-corrected chi connectivity index (χ2v) is 2.96. The molecular formula is C11H16O6. The first-order valence-corrected chi connectivity index (χ1v) is 4.87. The number of unbranched alkanes of at least 4 members (excludes halogenated alkanes) is 1. The smallest absolute Gasteiger partial charge is 0.331 e. The molecule has 3 N–H and O–H groups in total. The molecule has 6 nitrogen and oxygen atoms in total. The van der Waals surface area contributed by atoms with Crippen LogP contribution in [0.2, 0.25) is 0 Å². The van der Waals surface area contributed by atoms with Gasteiger partial charge in [0.2, 0.25) is 0 Å². The zero-order chi connectivity index (χ0) is 13.8. The molecule has 0 spiro atoms. The minimum atomic E-state index is -1.21. The van der Waals surface area contributed by atoms with E-state index >= 15 is 0 Å². The van der Waals surface area contributed by atoms with Crippen molar-refractivity contribution in [3.8, 4) is 0 Å². The van der Waals surface area contributed by atoms with Gasteiger partial charge in [0, 0.05) is 17.7 Å². The molecule has 0 heterocycles. The molecule has 0 aliphatic rings. The minimum Gasteiger partial charge on any atom is -0.478 e. The van der Waals surface area contributed by atoms with E-state index in [1.807, 2.05) is 6.92 Å². The average molecular weight is 244 g/mol. The Morgan fingerprint density at radius 2 is 1.59 bits per heavy atom. The second-order valence-electron chi connectivity index (χ2n) is 2.96. The molecule has 0 aliphatic heterocycles. The highest BCUT2D eigenvalue weighted by atomic mass is 16.4. The molecule has 96 valence electrons. The van der Waals surface area contributed by atoms with E-state index in [1.165, 1.54) is 0 Å². The van der Waals surface area contributed by atoms with Gasteiger partial charge in [0.05, 0.1) is 0 Å². The number of hydrogen-bond donors (Lipinski definition) is 3. The largest absolute Gasteiger partial charge is 0.478 e. The molecule has 6 heteroatoms. The predicted molar refractivity (Wildman–Crippen MR) is 60.7 cm³/mol. The van der Waals surface area contributed by atoms with E-state index in [1.54, 1.807) is 0 Å². The first kappa shape index (κ1) is 17.3.